The average molecular weight is 486 g/mol. The summed E-state index contributed by atoms with van der Waals surface area (Å²) in [6, 6.07) is 15.9. The van der Waals surface area contributed by atoms with Crippen LogP contribution in [-0.2, 0) is 5.54 Å². The van der Waals surface area contributed by atoms with Crippen molar-refractivity contribution in [2.45, 2.75) is 24.8 Å². The van der Waals surface area contributed by atoms with Crippen LogP contribution >= 0.6 is 12.4 Å². The SMILES string of the molecule is Cl.Nc1ncc(-c2ccc3nc(-c4cccnc4N)n(-c4ccc(C5(N)CCC5)cc4)c3n2)cn1. The maximum atomic E-state index is 6.54. The molecule has 10 heteroatoms. The third-order valence-electron chi connectivity index (χ3n) is 6.50. The van der Waals surface area contributed by atoms with Crippen molar-refractivity contribution < 1.29 is 0 Å². The Labute approximate surface area is 207 Å². The lowest BCUT2D eigenvalue weighted by atomic mass is 9.73. The van der Waals surface area contributed by atoms with Crippen LogP contribution in [0.3, 0.4) is 0 Å². The number of hydrogen-bond acceptors (Lipinski definition) is 8. The standard InChI is InChI=1S/C25H23N9.ClH/c26-21-18(3-1-12-29-21)22-33-20-9-8-19(15-13-30-24(27)31-14-15)32-23(20)34(22)17-6-4-16(5-7-17)25(28)10-2-11-25;/h1,3-9,12-14H,2,10-11,28H2,(H2,26,29)(H2,27,30,31);1H. The molecule has 1 saturated carbocycles. The zero-order valence-electron chi connectivity index (χ0n) is 18.8. The highest BCUT2D eigenvalue weighted by Gasteiger charge is 2.34. The van der Waals surface area contributed by atoms with Crippen molar-refractivity contribution >= 4 is 35.3 Å². The molecule has 0 bridgehead atoms. The van der Waals surface area contributed by atoms with Crippen LogP contribution in [0.2, 0.25) is 0 Å². The predicted octanol–water partition coefficient (Wildman–Crippen LogP) is 3.86. The van der Waals surface area contributed by atoms with Crippen LogP contribution in [0.5, 0.6) is 0 Å². The van der Waals surface area contributed by atoms with Gasteiger partial charge >= 0.3 is 0 Å². The van der Waals surface area contributed by atoms with Gasteiger partial charge in [0.15, 0.2) is 11.5 Å². The van der Waals surface area contributed by atoms with Crippen molar-refractivity contribution in [2.75, 3.05) is 11.5 Å². The highest BCUT2D eigenvalue weighted by Crippen LogP contribution is 2.39. The molecule has 0 spiro atoms. The maximum absolute atomic E-state index is 6.54. The third-order valence-corrected chi connectivity index (χ3v) is 6.50. The molecule has 1 aliphatic carbocycles. The summed E-state index contributed by atoms with van der Waals surface area (Å²) >= 11 is 0. The minimum Gasteiger partial charge on any atom is -0.383 e. The lowest BCUT2D eigenvalue weighted by Gasteiger charge is -2.38. The molecule has 1 aromatic carbocycles. The highest BCUT2D eigenvalue weighted by molar-refractivity contribution is 5.85. The number of nitrogen functional groups attached to an aromatic ring is 2. The molecule has 1 aliphatic rings. The summed E-state index contributed by atoms with van der Waals surface area (Å²) in [6.07, 6.45) is 8.16. The molecule has 0 unspecified atom stereocenters. The fraction of sp³-hybridized carbons (Fsp3) is 0.160. The van der Waals surface area contributed by atoms with E-state index in [0.717, 1.165) is 47.2 Å². The Morgan fingerprint density at radius 1 is 0.857 bits per heavy atom. The smallest absolute Gasteiger partial charge is 0.219 e. The van der Waals surface area contributed by atoms with Crippen molar-refractivity contribution in [2.24, 2.45) is 5.73 Å². The normalized spacial score (nSPS) is 14.3. The van der Waals surface area contributed by atoms with Gasteiger partial charge in [0.05, 0.1) is 11.3 Å². The van der Waals surface area contributed by atoms with Crippen LogP contribution in [0.25, 0.3) is 39.5 Å². The zero-order valence-corrected chi connectivity index (χ0v) is 19.6. The number of imidazole rings is 1. The van der Waals surface area contributed by atoms with E-state index < -0.39 is 0 Å². The van der Waals surface area contributed by atoms with Crippen molar-refractivity contribution in [3.8, 4) is 28.3 Å². The van der Waals surface area contributed by atoms with E-state index in [1.54, 1.807) is 18.6 Å². The van der Waals surface area contributed by atoms with Gasteiger partial charge in [-0.1, -0.05) is 12.1 Å². The first-order valence-corrected chi connectivity index (χ1v) is 11.1. The minimum atomic E-state index is -0.229. The van der Waals surface area contributed by atoms with Gasteiger partial charge in [0.2, 0.25) is 5.95 Å². The number of rotatable bonds is 4. The molecule has 6 N–H and O–H groups in total. The molecular formula is C25H24ClN9. The van der Waals surface area contributed by atoms with Crippen LogP contribution in [0.4, 0.5) is 11.8 Å². The van der Waals surface area contributed by atoms with E-state index in [-0.39, 0.29) is 23.9 Å². The van der Waals surface area contributed by atoms with Gasteiger partial charge in [0.25, 0.3) is 0 Å². The van der Waals surface area contributed by atoms with Crippen molar-refractivity contribution in [3.05, 3.63) is 72.7 Å². The summed E-state index contributed by atoms with van der Waals surface area (Å²) in [5.74, 6) is 1.28. The number of pyridine rings is 2. The Hall–Kier alpha value is -4.08. The monoisotopic (exact) mass is 485 g/mol. The fourth-order valence-electron chi connectivity index (χ4n) is 4.41. The summed E-state index contributed by atoms with van der Waals surface area (Å²) in [4.78, 5) is 22.2. The molecular weight excluding hydrogens is 462 g/mol. The van der Waals surface area contributed by atoms with Crippen molar-refractivity contribution in [3.63, 3.8) is 0 Å². The van der Waals surface area contributed by atoms with E-state index in [1.807, 2.05) is 28.8 Å². The maximum Gasteiger partial charge on any atom is 0.219 e. The Morgan fingerprint density at radius 2 is 1.60 bits per heavy atom. The first-order chi connectivity index (χ1) is 16.5. The molecule has 5 aromatic rings. The van der Waals surface area contributed by atoms with Gasteiger partial charge in [0, 0.05) is 35.4 Å². The first-order valence-electron chi connectivity index (χ1n) is 11.1. The summed E-state index contributed by atoms with van der Waals surface area (Å²) in [7, 11) is 0. The Balaban J connectivity index is 0.00000253. The fourth-order valence-corrected chi connectivity index (χ4v) is 4.41. The molecule has 4 heterocycles. The Kier molecular flexibility index (Phi) is 5.58. The predicted molar refractivity (Wildman–Crippen MR) is 139 cm³/mol. The Morgan fingerprint density at radius 3 is 2.26 bits per heavy atom. The molecule has 0 atom stereocenters. The van der Waals surface area contributed by atoms with Gasteiger partial charge in [-0.3, -0.25) is 4.57 Å². The summed E-state index contributed by atoms with van der Waals surface area (Å²) in [5.41, 5.74) is 23.9. The number of fused-ring (bicyclic) bond motifs is 1. The molecule has 176 valence electrons. The van der Waals surface area contributed by atoms with Gasteiger partial charge in [-0.15, -0.1) is 12.4 Å². The van der Waals surface area contributed by atoms with Crippen LogP contribution in [0.1, 0.15) is 24.8 Å². The number of aromatic nitrogens is 6. The quantitative estimate of drug-likeness (QED) is 0.347. The lowest BCUT2D eigenvalue weighted by Crippen LogP contribution is -2.43. The highest BCUT2D eigenvalue weighted by atomic mass is 35.5. The van der Waals surface area contributed by atoms with Gasteiger partial charge in [-0.25, -0.2) is 24.9 Å². The van der Waals surface area contributed by atoms with Gasteiger partial charge < -0.3 is 17.2 Å². The average Bonchev–Trinajstić information content (AvgIpc) is 3.22. The van der Waals surface area contributed by atoms with E-state index in [0.29, 0.717) is 23.0 Å². The molecule has 0 saturated heterocycles. The zero-order chi connectivity index (χ0) is 23.3. The van der Waals surface area contributed by atoms with Crippen LogP contribution in [0, 0.1) is 0 Å². The van der Waals surface area contributed by atoms with E-state index in [1.165, 1.54) is 0 Å². The summed E-state index contributed by atoms with van der Waals surface area (Å²) in [5, 5.41) is 0. The van der Waals surface area contributed by atoms with E-state index in [4.69, 9.17) is 27.2 Å². The van der Waals surface area contributed by atoms with Crippen LogP contribution < -0.4 is 17.2 Å². The molecule has 9 nitrogen and oxygen atoms in total. The van der Waals surface area contributed by atoms with E-state index in [9.17, 15) is 0 Å². The summed E-state index contributed by atoms with van der Waals surface area (Å²) in [6.45, 7) is 0. The van der Waals surface area contributed by atoms with Gasteiger partial charge in [0.1, 0.15) is 11.3 Å². The number of anilines is 2. The topological polar surface area (TPSA) is 147 Å². The van der Waals surface area contributed by atoms with Gasteiger partial charge in [-0.05, 0) is 61.2 Å². The Bertz CT molecular complexity index is 1510. The number of benzene rings is 1. The molecule has 0 radical (unpaired) electrons. The third kappa shape index (κ3) is 3.84. The van der Waals surface area contributed by atoms with E-state index >= 15 is 0 Å². The number of nitrogens with zero attached hydrogens (tertiary/aromatic N) is 6. The molecule has 6 rings (SSSR count). The molecule has 0 aliphatic heterocycles. The minimum absolute atomic E-state index is 0. The number of halogens is 1. The summed E-state index contributed by atoms with van der Waals surface area (Å²) < 4.78 is 2.00. The number of hydrogen-bond donors (Lipinski definition) is 3. The van der Waals surface area contributed by atoms with Crippen LogP contribution in [-0.4, -0.2) is 29.5 Å². The molecule has 35 heavy (non-hydrogen) atoms. The molecule has 1 fully saturated rings. The second kappa shape index (κ2) is 8.61. The van der Waals surface area contributed by atoms with E-state index in [2.05, 4.69) is 39.2 Å². The number of nitrogens with two attached hydrogens (primary N) is 3. The largest absolute Gasteiger partial charge is 0.383 e. The second-order valence-corrected chi connectivity index (χ2v) is 8.63. The molecule has 0 amide bonds. The molecule has 4 aromatic heterocycles. The van der Waals surface area contributed by atoms with Crippen molar-refractivity contribution in [1.82, 2.24) is 29.5 Å². The van der Waals surface area contributed by atoms with Crippen molar-refractivity contribution in [1.29, 1.82) is 0 Å². The lowest BCUT2D eigenvalue weighted by molar-refractivity contribution is 0.253. The van der Waals surface area contributed by atoms with Crippen LogP contribution in [0.15, 0.2) is 67.1 Å². The first kappa shape index (κ1) is 22.7. The second-order valence-electron chi connectivity index (χ2n) is 8.63. The van der Waals surface area contributed by atoms with Gasteiger partial charge in [-0.2, -0.15) is 0 Å².